The van der Waals surface area contributed by atoms with Gasteiger partial charge in [0.25, 0.3) is 0 Å². The molecule has 0 unspecified atom stereocenters. The van der Waals surface area contributed by atoms with Gasteiger partial charge >= 0.3 is 17.9 Å². The lowest BCUT2D eigenvalue weighted by Gasteiger charge is -2.43. The summed E-state index contributed by atoms with van der Waals surface area (Å²) in [4.78, 5) is 0. The van der Waals surface area contributed by atoms with Crippen molar-refractivity contribution in [2.45, 2.75) is 52.1 Å². The van der Waals surface area contributed by atoms with E-state index in [1.807, 2.05) is 6.92 Å². The molecule has 0 aromatic heterocycles. The van der Waals surface area contributed by atoms with Crippen molar-refractivity contribution in [1.29, 1.82) is 0 Å². The number of hydrogen-bond donors (Lipinski definition) is 1. The monoisotopic (exact) mass is 439 g/mol. The van der Waals surface area contributed by atoms with Crippen LogP contribution < -0.4 is 8.91 Å². The molecule has 29 heavy (non-hydrogen) atoms. The summed E-state index contributed by atoms with van der Waals surface area (Å²) in [7, 11) is -8.46. The van der Waals surface area contributed by atoms with Crippen LogP contribution in [0, 0.1) is 6.92 Å². The standard InChI is InChI=1S/C20H26NO6PS/c1-14(2)25-28(22,26-15(3)4)20(17-9-7-6-8-10-17)18-12-11-16(5)13-19(18)27-29(23,24)21-20/h6-15,21H,1-5H3/t20-/m0/s1. The molecule has 0 saturated carbocycles. The molecule has 3 rings (SSSR count). The van der Waals surface area contributed by atoms with Crippen molar-refractivity contribution in [3.63, 3.8) is 0 Å². The number of aryl methyl sites for hydroxylation is 1. The minimum atomic E-state index is -4.31. The Morgan fingerprint density at radius 3 is 2.14 bits per heavy atom. The average molecular weight is 439 g/mol. The van der Waals surface area contributed by atoms with Crippen LogP contribution in [0.3, 0.4) is 0 Å². The van der Waals surface area contributed by atoms with E-state index in [-0.39, 0.29) is 5.75 Å². The second-order valence-electron chi connectivity index (χ2n) is 7.52. The van der Waals surface area contributed by atoms with E-state index in [0.717, 1.165) is 5.56 Å². The maximum Gasteiger partial charge on any atom is 0.384 e. The highest BCUT2D eigenvalue weighted by Gasteiger charge is 2.61. The molecule has 158 valence electrons. The maximum atomic E-state index is 14.4. The summed E-state index contributed by atoms with van der Waals surface area (Å²) >= 11 is 0. The van der Waals surface area contributed by atoms with Crippen LogP contribution in [0.4, 0.5) is 0 Å². The first kappa shape index (κ1) is 22.0. The minimum Gasteiger partial charge on any atom is -0.370 e. The van der Waals surface area contributed by atoms with Gasteiger partial charge in [-0.15, -0.1) is 0 Å². The van der Waals surface area contributed by atoms with Gasteiger partial charge in [-0.05, 0) is 51.8 Å². The Kier molecular flexibility index (Phi) is 5.96. The molecule has 2 aromatic rings. The minimum absolute atomic E-state index is 0.0903. The van der Waals surface area contributed by atoms with E-state index in [4.69, 9.17) is 13.2 Å². The molecule has 1 aliphatic heterocycles. The van der Waals surface area contributed by atoms with E-state index in [2.05, 4.69) is 4.72 Å². The van der Waals surface area contributed by atoms with Gasteiger partial charge in [-0.3, -0.25) is 4.57 Å². The van der Waals surface area contributed by atoms with Crippen molar-refractivity contribution < 1.29 is 26.2 Å². The quantitative estimate of drug-likeness (QED) is 0.668. The lowest BCUT2D eigenvalue weighted by atomic mass is 9.96. The van der Waals surface area contributed by atoms with Crippen molar-refractivity contribution in [1.82, 2.24) is 4.72 Å². The highest BCUT2D eigenvalue weighted by atomic mass is 32.2. The summed E-state index contributed by atoms with van der Waals surface area (Å²) in [6.07, 6.45) is -0.970. The van der Waals surface area contributed by atoms with Crippen molar-refractivity contribution in [3.8, 4) is 5.75 Å². The molecule has 0 aliphatic carbocycles. The van der Waals surface area contributed by atoms with Crippen LogP contribution in [0.25, 0.3) is 0 Å². The van der Waals surface area contributed by atoms with E-state index < -0.39 is 35.4 Å². The zero-order chi connectivity index (χ0) is 21.4. The smallest absolute Gasteiger partial charge is 0.370 e. The van der Waals surface area contributed by atoms with Crippen LogP contribution in [0.1, 0.15) is 44.4 Å². The van der Waals surface area contributed by atoms with Crippen LogP contribution in [0.2, 0.25) is 0 Å². The number of nitrogens with one attached hydrogen (secondary N) is 1. The third-order valence-corrected chi connectivity index (χ3v) is 8.24. The first-order chi connectivity index (χ1) is 13.5. The molecular formula is C20H26NO6PS. The second-order valence-corrected chi connectivity index (χ2v) is 10.9. The Balaban J connectivity index is 2.44. The van der Waals surface area contributed by atoms with Crippen LogP contribution >= 0.6 is 7.60 Å². The first-order valence-electron chi connectivity index (χ1n) is 9.36. The van der Waals surface area contributed by atoms with Gasteiger partial charge in [-0.25, -0.2) is 0 Å². The van der Waals surface area contributed by atoms with E-state index in [0.29, 0.717) is 11.1 Å². The van der Waals surface area contributed by atoms with Gasteiger partial charge in [0.2, 0.25) is 0 Å². The normalized spacial score (nSPS) is 21.1. The molecule has 0 fully saturated rings. The van der Waals surface area contributed by atoms with Crippen LogP contribution in [0.5, 0.6) is 5.75 Å². The zero-order valence-electron chi connectivity index (χ0n) is 17.1. The SMILES string of the molecule is Cc1ccc2c(c1)OS(=O)(=O)N[C@@]2(c1ccccc1)P(=O)(OC(C)C)OC(C)C. The van der Waals surface area contributed by atoms with Gasteiger partial charge in [0.05, 0.1) is 12.2 Å². The van der Waals surface area contributed by atoms with Crippen molar-refractivity contribution >= 4 is 17.9 Å². The molecule has 0 amide bonds. The molecule has 1 N–H and O–H groups in total. The summed E-state index contributed by atoms with van der Waals surface area (Å²) in [5.74, 6) is 0.0903. The number of hydrogen-bond acceptors (Lipinski definition) is 6. The summed E-state index contributed by atoms with van der Waals surface area (Å²) in [5.41, 5.74) is 1.60. The summed E-state index contributed by atoms with van der Waals surface area (Å²) < 4.78 is 59.4. The Bertz CT molecular complexity index is 1020. The van der Waals surface area contributed by atoms with Crippen molar-refractivity contribution in [2.75, 3.05) is 0 Å². The van der Waals surface area contributed by atoms with Gasteiger partial charge in [0, 0.05) is 5.56 Å². The Morgan fingerprint density at radius 1 is 1.00 bits per heavy atom. The average Bonchev–Trinajstić information content (AvgIpc) is 2.58. The van der Waals surface area contributed by atoms with Crippen molar-refractivity contribution in [3.05, 3.63) is 65.2 Å². The van der Waals surface area contributed by atoms with Gasteiger partial charge < -0.3 is 13.2 Å². The van der Waals surface area contributed by atoms with Crippen LogP contribution in [-0.4, -0.2) is 20.6 Å². The lowest BCUT2D eigenvalue weighted by molar-refractivity contribution is 0.126. The van der Waals surface area contributed by atoms with E-state index >= 15 is 0 Å². The molecule has 7 nitrogen and oxygen atoms in total. The van der Waals surface area contributed by atoms with Gasteiger partial charge in [0.1, 0.15) is 5.75 Å². The Labute approximate surface area is 172 Å². The molecule has 1 aliphatic rings. The summed E-state index contributed by atoms with van der Waals surface area (Å²) in [6.45, 7) is 8.70. The molecule has 0 spiro atoms. The number of benzene rings is 2. The zero-order valence-corrected chi connectivity index (χ0v) is 18.8. The van der Waals surface area contributed by atoms with Crippen molar-refractivity contribution in [2.24, 2.45) is 0 Å². The summed E-state index contributed by atoms with van der Waals surface area (Å²) in [5, 5.41) is -1.80. The first-order valence-corrected chi connectivity index (χ1v) is 12.3. The molecule has 0 bridgehead atoms. The van der Waals surface area contributed by atoms with Gasteiger partial charge in [-0.1, -0.05) is 42.5 Å². The third-order valence-electron chi connectivity index (χ3n) is 4.30. The number of fused-ring (bicyclic) bond motifs is 1. The summed E-state index contributed by atoms with van der Waals surface area (Å²) in [6, 6.07) is 13.7. The van der Waals surface area contributed by atoms with E-state index in [1.54, 1.807) is 76.2 Å². The predicted molar refractivity (Wildman–Crippen MR) is 111 cm³/mol. The topological polar surface area (TPSA) is 90.9 Å². The van der Waals surface area contributed by atoms with E-state index in [1.165, 1.54) is 0 Å². The predicted octanol–water partition coefficient (Wildman–Crippen LogP) is 4.47. The second kappa shape index (κ2) is 7.85. The molecule has 1 heterocycles. The van der Waals surface area contributed by atoms with Crippen LogP contribution in [0.15, 0.2) is 48.5 Å². The maximum absolute atomic E-state index is 14.4. The third kappa shape index (κ3) is 4.13. The highest BCUT2D eigenvalue weighted by Crippen LogP contribution is 2.69. The van der Waals surface area contributed by atoms with Gasteiger partial charge in [0.15, 0.2) is 5.28 Å². The molecule has 2 aromatic carbocycles. The molecule has 0 radical (unpaired) electrons. The molecule has 1 atom stereocenters. The molecule has 0 saturated heterocycles. The fourth-order valence-corrected chi connectivity index (χ4v) is 7.58. The van der Waals surface area contributed by atoms with Gasteiger partial charge in [-0.2, -0.15) is 13.1 Å². The number of rotatable bonds is 6. The van der Waals surface area contributed by atoms with Crippen LogP contribution in [-0.2, 0) is 29.2 Å². The Hall–Kier alpha value is -1.70. The fraction of sp³-hybridized carbons (Fsp3) is 0.400. The molecule has 9 heteroatoms. The fourth-order valence-electron chi connectivity index (χ4n) is 3.37. The highest BCUT2D eigenvalue weighted by molar-refractivity contribution is 7.85. The Morgan fingerprint density at radius 2 is 1.59 bits per heavy atom. The lowest BCUT2D eigenvalue weighted by Crippen LogP contribution is -2.52. The van der Waals surface area contributed by atoms with E-state index in [9.17, 15) is 13.0 Å². The molecular weight excluding hydrogens is 413 g/mol. The largest absolute Gasteiger partial charge is 0.384 e.